The predicted molar refractivity (Wildman–Crippen MR) is 45.5 cm³/mol. The second-order valence-corrected chi connectivity index (χ2v) is 4.05. The molecule has 0 bridgehead atoms. The summed E-state index contributed by atoms with van der Waals surface area (Å²) < 4.78 is 41.5. The van der Waals surface area contributed by atoms with Gasteiger partial charge in [-0.25, -0.2) is 0 Å². The Labute approximate surface area is 125 Å². The average Bonchev–Trinajstić information content (AvgIpc) is 1.79. The molecule has 14 heavy (non-hydrogen) atoms. The fourth-order valence-electron chi connectivity index (χ4n) is 1.56. The Kier molecular flexibility index (Phi) is 6.22. The molecule has 2 nitrogen and oxygen atoms in total. The zero-order valence-electron chi connectivity index (χ0n) is 8.90. The van der Waals surface area contributed by atoms with E-state index >= 15 is 0 Å². The van der Waals surface area contributed by atoms with Gasteiger partial charge in [0, 0.05) is 13.1 Å². The van der Waals surface area contributed by atoms with Crippen LogP contribution in [0.25, 0.3) is 0 Å². The van der Waals surface area contributed by atoms with E-state index in [1.54, 1.807) is 0 Å². The van der Waals surface area contributed by atoms with Crippen LogP contribution in [0.2, 0.25) is 0 Å². The van der Waals surface area contributed by atoms with Gasteiger partial charge in [0.25, 0.3) is 0 Å². The van der Waals surface area contributed by atoms with E-state index in [1.807, 2.05) is 13.8 Å². The number of halogens is 3. The Balaban J connectivity index is 0.00000169. The van der Waals surface area contributed by atoms with Crippen LogP contribution in [0.15, 0.2) is 0 Å². The fraction of sp³-hybridized carbons (Fsp3) is 1.00. The van der Waals surface area contributed by atoms with Gasteiger partial charge < -0.3 is 22.6 Å². The van der Waals surface area contributed by atoms with Gasteiger partial charge in [-0.3, -0.25) is 0 Å². The summed E-state index contributed by atoms with van der Waals surface area (Å²) in [6.45, 7) is 0.0357. The van der Waals surface area contributed by atoms with Crippen molar-refractivity contribution in [1.82, 2.24) is 4.90 Å². The average molecular weight is 235 g/mol. The first-order chi connectivity index (χ1) is 5.79. The third-order valence-electron chi connectivity index (χ3n) is 1.97. The number of nitrogens with zero attached hydrogens (tertiary/aromatic N) is 1. The van der Waals surface area contributed by atoms with Gasteiger partial charge in [-0.15, -0.1) is 0 Å². The zero-order valence-corrected chi connectivity index (χ0v) is 12.0. The molecular weight excluding hydrogens is 221 g/mol. The van der Waals surface area contributed by atoms with Crippen LogP contribution in [0.5, 0.6) is 0 Å². The Morgan fingerprint density at radius 3 is 2.36 bits per heavy atom. The van der Waals surface area contributed by atoms with Crippen molar-refractivity contribution < 1.29 is 69.1 Å². The monoisotopic (exact) mass is 235 g/mol. The van der Waals surface area contributed by atoms with Crippen molar-refractivity contribution >= 4 is 6.98 Å². The van der Waals surface area contributed by atoms with Gasteiger partial charge in [0.15, 0.2) is 0 Å². The van der Waals surface area contributed by atoms with Crippen LogP contribution in [0.3, 0.4) is 0 Å². The molecular formula is C7H14BF3KNO. The van der Waals surface area contributed by atoms with E-state index in [2.05, 4.69) is 0 Å². The smallest absolute Gasteiger partial charge is 0.448 e. The van der Waals surface area contributed by atoms with E-state index < -0.39 is 19.0 Å². The minimum atomic E-state index is -4.70. The van der Waals surface area contributed by atoms with E-state index in [-0.39, 0.29) is 51.4 Å². The third kappa shape index (κ3) is 6.09. The number of rotatable bonds is 2. The van der Waals surface area contributed by atoms with Gasteiger partial charge in [-0.1, -0.05) is 0 Å². The van der Waals surface area contributed by atoms with Crippen molar-refractivity contribution in [2.75, 3.05) is 26.1 Å². The maximum absolute atomic E-state index is 12.1. The molecule has 0 saturated carbocycles. The van der Waals surface area contributed by atoms with Crippen LogP contribution in [0, 0.1) is 0 Å². The van der Waals surface area contributed by atoms with Gasteiger partial charge >= 0.3 is 58.4 Å². The normalized spacial score (nSPS) is 22.9. The quantitative estimate of drug-likeness (QED) is 0.539. The summed E-state index contributed by atoms with van der Waals surface area (Å²) in [5, 5.41) is 0. The van der Waals surface area contributed by atoms with Crippen LogP contribution >= 0.6 is 0 Å². The molecule has 0 atom stereocenters. The first-order valence-electron chi connectivity index (χ1n) is 4.36. The summed E-state index contributed by atoms with van der Waals surface area (Å²) >= 11 is 0. The molecule has 0 aromatic rings. The Morgan fingerprint density at radius 1 is 1.36 bits per heavy atom. The molecule has 0 amide bonds. The van der Waals surface area contributed by atoms with E-state index in [0.29, 0.717) is 19.7 Å². The molecule has 1 fully saturated rings. The van der Waals surface area contributed by atoms with Gasteiger partial charge in [0.2, 0.25) is 0 Å². The first kappa shape index (κ1) is 15.4. The fourth-order valence-corrected chi connectivity index (χ4v) is 1.56. The molecule has 0 spiro atoms. The summed E-state index contributed by atoms with van der Waals surface area (Å²) in [7, 11) is 0. The molecule has 1 aliphatic heterocycles. The molecule has 0 aliphatic carbocycles. The maximum atomic E-state index is 12.1. The van der Waals surface area contributed by atoms with Gasteiger partial charge in [-0.05, 0) is 20.3 Å². The second-order valence-electron chi connectivity index (χ2n) is 4.05. The number of morpholine rings is 1. The topological polar surface area (TPSA) is 12.5 Å². The summed E-state index contributed by atoms with van der Waals surface area (Å²) in [6.07, 6.45) is -0.771. The Morgan fingerprint density at radius 2 is 1.93 bits per heavy atom. The van der Waals surface area contributed by atoms with Crippen molar-refractivity contribution in [3.8, 4) is 0 Å². The molecule has 1 saturated heterocycles. The molecule has 1 aliphatic rings. The first-order valence-corrected chi connectivity index (χ1v) is 4.36. The van der Waals surface area contributed by atoms with Crippen LogP contribution in [0.1, 0.15) is 13.8 Å². The number of hydrogen-bond acceptors (Lipinski definition) is 2. The van der Waals surface area contributed by atoms with E-state index in [1.165, 1.54) is 4.90 Å². The van der Waals surface area contributed by atoms with E-state index in [4.69, 9.17) is 4.74 Å². The third-order valence-corrected chi connectivity index (χ3v) is 1.97. The Hall–Kier alpha value is 1.41. The van der Waals surface area contributed by atoms with E-state index in [9.17, 15) is 12.9 Å². The minimum absolute atomic E-state index is 0. The molecule has 1 rings (SSSR count). The summed E-state index contributed by atoms with van der Waals surface area (Å²) in [5.74, 6) is 0. The molecule has 0 aromatic heterocycles. The van der Waals surface area contributed by atoms with Crippen LogP contribution in [-0.4, -0.2) is 43.6 Å². The predicted octanol–water partition coefficient (Wildman–Crippen LogP) is -1.51. The molecule has 78 valence electrons. The molecule has 0 N–H and O–H groups in total. The van der Waals surface area contributed by atoms with Crippen molar-refractivity contribution in [3.63, 3.8) is 0 Å². The molecule has 7 heteroatoms. The van der Waals surface area contributed by atoms with E-state index in [0.717, 1.165) is 0 Å². The SMILES string of the molecule is CC1(C)CN(C[B-](F)(F)F)CCO1.[K+]. The summed E-state index contributed by atoms with van der Waals surface area (Å²) in [4.78, 5) is 1.41. The number of ether oxygens (including phenoxy) is 1. The van der Waals surface area contributed by atoms with Gasteiger partial charge in [0.1, 0.15) is 0 Å². The molecule has 1 heterocycles. The maximum Gasteiger partial charge on any atom is 1.00 e. The summed E-state index contributed by atoms with van der Waals surface area (Å²) in [6, 6.07) is 0. The zero-order chi connectivity index (χ0) is 10.1. The van der Waals surface area contributed by atoms with Crippen LogP contribution in [0.4, 0.5) is 12.9 Å². The van der Waals surface area contributed by atoms with Gasteiger partial charge in [-0.2, -0.15) is 0 Å². The number of hydrogen-bond donors (Lipinski definition) is 0. The standard InChI is InChI=1S/C7H14BF3NO.K/c1-7(2)5-12(3-4-13-7)6-8(9,10)11;/h3-6H2,1-2H3;/q-1;+1. The largest absolute Gasteiger partial charge is 1.00 e. The van der Waals surface area contributed by atoms with Crippen molar-refractivity contribution in [3.05, 3.63) is 0 Å². The van der Waals surface area contributed by atoms with Crippen molar-refractivity contribution in [2.45, 2.75) is 19.4 Å². The molecule has 0 radical (unpaired) electrons. The van der Waals surface area contributed by atoms with Crippen molar-refractivity contribution in [2.24, 2.45) is 0 Å². The van der Waals surface area contributed by atoms with Crippen molar-refractivity contribution in [1.29, 1.82) is 0 Å². The summed E-state index contributed by atoms with van der Waals surface area (Å²) in [5.41, 5.74) is -0.445. The second kappa shape index (κ2) is 5.65. The van der Waals surface area contributed by atoms with Crippen LogP contribution in [-0.2, 0) is 4.74 Å². The molecule has 0 unspecified atom stereocenters. The molecule has 0 aromatic carbocycles. The van der Waals surface area contributed by atoms with Crippen LogP contribution < -0.4 is 51.4 Å². The Bertz CT molecular complexity index is 186. The van der Waals surface area contributed by atoms with Gasteiger partial charge in [0.05, 0.1) is 12.2 Å². The minimum Gasteiger partial charge on any atom is -0.448 e.